The first-order valence-corrected chi connectivity index (χ1v) is 10.1. The van der Waals surface area contributed by atoms with Gasteiger partial charge in [-0.3, -0.25) is 9.59 Å². The molecule has 0 saturated carbocycles. The molecule has 0 unspecified atom stereocenters. The number of halogens is 1. The molecule has 7 heteroatoms. The summed E-state index contributed by atoms with van der Waals surface area (Å²) in [5.74, 6) is 0.638. The lowest BCUT2D eigenvalue weighted by atomic mass is 10.1. The fourth-order valence-electron chi connectivity index (χ4n) is 2.76. The van der Waals surface area contributed by atoms with Crippen molar-refractivity contribution in [3.63, 3.8) is 0 Å². The summed E-state index contributed by atoms with van der Waals surface area (Å²) in [6.07, 6.45) is 0.403. The summed E-state index contributed by atoms with van der Waals surface area (Å²) >= 11 is 5.90. The third kappa shape index (κ3) is 6.23. The number of carbonyl (C=O) groups is 2. The van der Waals surface area contributed by atoms with Crippen LogP contribution >= 0.6 is 11.6 Å². The minimum Gasteiger partial charge on any atom is -0.493 e. The van der Waals surface area contributed by atoms with E-state index in [-0.39, 0.29) is 11.8 Å². The van der Waals surface area contributed by atoms with Gasteiger partial charge in [-0.1, -0.05) is 30.7 Å². The highest BCUT2D eigenvalue weighted by Crippen LogP contribution is 2.29. The summed E-state index contributed by atoms with van der Waals surface area (Å²) < 4.78 is 11.2. The summed E-state index contributed by atoms with van der Waals surface area (Å²) in [5.41, 5.74) is 2.68. The van der Waals surface area contributed by atoms with Crippen LogP contribution in [0.5, 0.6) is 11.5 Å². The third-order valence-electron chi connectivity index (χ3n) is 4.48. The normalized spacial score (nSPS) is 10.3. The molecule has 3 aromatic carbocycles. The fraction of sp³-hybridized carbons (Fsp3) is 0.167. The lowest BCUT2D eigenvalue weighted by Gasteiger charge is -2.13. The second-order valence-electron chi connectivity index (χ2n) is 6.71. The maximum Gasteiger partial charge on any atom is 0.255 e. The van der Waals surface area contributed by atoms with Crippen molar-refractivity contribution in [1.29, 1.82) is 0 Å². The van der Waals surface area contributed by atoms with Gasteiger partial charge in [0.25, 0.3) is 5.91 Å². The monoisotopic (exact) mass is 438 g/mol. The Labute approximate surface area is 186 Å². The van der Waals surface area contributed by atoms with E-state index in [0.717, 1.165) is 5.56 Å². The Morgan fingerprint density at radius 2 is 1.52 bits per heavy atom. The van der Waals surface area contributed by atoms with E-state index in [4.69, 9.17) is 21.1 Å². The first-order chi connectivity index (χ1) is 15.0. The number of hydrogen-bond acceptors (Lipinski definition) is 4. The van der Waals surface area contributed by atoms with Gasteiger partial charge in [-0.15, -0.1) is 0 Å². The number of rotatable bonds is 8. The van der Waals surface area contributed by atoms with Crippen LogP contribution in [0.15, 0.2) is 66.7 Å². The molecular weight excluding hydrogens is 416 g/mol. The average molecular weight is 439 g/mol. The van der Waals surface area contributed by atoms with E-state index < -0.39 is 0 Å². The van der Waals surface area contributed by atoms with Crippen molar-refractivity contribution >= 4 is 34.8 Å². The largest absolute Gasteiger partial charge is 0.493 e. The molecule has 0 heterocycles. The van der Waals surface area contributed by atoms with E-state index >= 15 is 0 Å². The van der Waals surface area contributed by atoms with E-state index in [1.807, 2.05) is 12.1 Å². The van der Waals surface area contributed by atoms with Crippen LogP contribution in [-0.4, -0.2) is 18.9 Å². The zero-order valence-electron chi connectivity index (χ0n) is 17.3. The quantitative estimate of drug-likeness (QED) is 0.485. The van der Waals surface area contributed by atoms with Crippen molar-refractivity contribution in [3.8, 4) is 11.5 Å². The number of amides is 2. The molecule has 6 nitrogen and oxygen atoms in total. The molecule has 3 rings (SSSR count). The van der Waals surface area contributed by atoms with E-state index in [1.54, 1.807) is 61.5 Å². The van der Waals surface area contributed by atoms with E-state index in [2.05, 4.69) is 10.6 Å². The van der Waals surface area contributed by atoms with Crippen LogP contribution in [-0.2, 0) is 11.4 Å². The van der Waals surface area contributed by atoms with Crippen molar-refractivity contribution < 1.29 is 19.1 Å². The molecule has 2 amide bonds. The Morgan fingerprint density at radius 3 is 2.13 bits per heavy atom. The Morgan fingerprint density at radius 1 is 0.871 bits per heavy atom. The van der Waals surface area contributed by atoms with E-state index in [0.29, 0.717) is 46.5 Å². The minimum atomic E-state index is -0.284. The Hall–Kier alpha value is -3.51. The molecule has 0 fully saturated rings. The molecule has 0 aromatic heterocycles. The van der Waals surface area contributed by atoms with E-state index in [1.165, 1.54) is 7.11 Å². The maximum atomic E-state index is 12.6. The molecule has 0 aliphatic heterocycles. The standard InChI is InChI=1S/C24H23ClN2O4/c1-3-23(28)26-19-9-11-20(12-10-19)27-24(29)17-6-13-21(22(14-17)30-2)31-15-16-4-7-18(25)8-5-16/h4-14H,3,15H2,1-2H3,(H,26,28)(H,27,29). The molecule has 2 N–H and O–H groups in total. The molecule has 3 aromatic rings. The van der Waals surface area contributed by atoms with Crippen LogP contribution in [0.3, 0.4) is 0 Å². The SMILES string of the molecule is CCC(=O)Nc1ccc(NC(=O)c2ccc(OCc3ccc(Cl)cc3)c(OC)c2)cc1. The first kappa shape index (κ1) is 22.2. The van der Waals surface area contributed by atoms with Gasteiger partial charge in [-0.05, 0) is 60.2 Å². The molecular formula is C24H23ClN2O4. The Balaban J connectivity index is 1.64. The van der Waals surface area contributed by atoms with Crippen molar-refractivity contribution in [2.45, 2.75) is 20.0 Å². The van der Waals surface area contributed by atoms with Gasteiger partial charge >= 0.3 is 0 Å². The number of methoxy groups -OCH3 is 1. The Bertz CT molecular complexity index is 1050. The van der Waals surface area contributed by atoms with Gasteiger partial charge in [0.2, 0.25) is 5.91 Å². The number of hydrogen-bond donors (Lipinski definition) is 2. The molecule has 0 radical (unpaired) electrons. The molecule has 160 valence electrons. The summed E-state index contributed by atoms with van der Waals surface area (Å²) in [6, 6.07) is 19.3. The second-order valence-corrected chi connectivity index (χ2v) is 7.15. The lowest BCUT2D eigenvalue weighted by molar-refractivity contribution is -0.115. The van der Waals surface area contributed by atoms with Crippen LogP contribution in [0.1, 0.15) is 29.3 Å². The third-order valence-corrected chi connectivity index (χ3v) is 4.73. The molecule has 0 spiro atoms. The molecule has 0 atom stereocenters. The van der Waals surface area contributed by atoms with Gasteiger partial charge in [0, 0.05) is 28.4 Å². The molecule has 0 aliphatic carbocycles. The van der Waals surface area contributed by atoms with Crippen LogP contribution < -0.4 is 20.1 Å². The highest BCUT2D eigenvalue weighted by atomic mass is 35.5. The topological polar surface area (TPSA) is 76.7 Å². The van der Waals surface area contributed by atoms with Crippen molar-refractivity contribution in [2.75, 3.05) is 17.7 Å². The number of anilines is 2. The van der Waals surface area contributed by atoms with Gasteiger partial charge in [0.15, 0.2) is 11.5 Å². The first-order valence-electron chi connectivity index (χ1n) is 9.75. The van der Waals surface area contributed by atoms with Gasteiger partial charge < -0.3 is 20.1 Å². The number of ether oxygens (including phenoxy) is 2. The zero-order valence-corrected chi connectivity index (χ0v) is 18.0. The summed E-state index contributed by atoms with van der Waals surface area (Å²) in [6.45, 7) is 2.13. The van der Waals surface area contributed by atoms with Gasteiger partial charge in [-0.25, -0.2) is 0 Å². The van der Waals surface area contributed by atoms with Crippen molar-refractivity contribution in [2.24, 2.45) is 0 Å². The van der Waals surface area contributed by atoms with Crippen LogP contribution in [0.25, 0.3) is 0 Å². The fourth-order valence-corrected chi connectivity index (χ4v) is 2.89. The van der Waals surface area contributed by atoms with Crippen LogP contribution in [0, 0.1) is 0 Å². The van der Waals surface area contributed by atoms with Crippen molar-refractivity contribution in [3.05, 3.63) is 82.9 Å². The average Bonchev–Trinajstić information content (AvgIpc) is 2.79. The molecule has 0 aliphatic rings. The highest BCUT2D eigenvalue weighted by molar-refractivity contribution is 6.30. The molecule has 31 heavy (non-hydrogen) atoms. The van der Waals surface area contributed by atoms with Crippen LogP contribution in [0.2, 0.25) is 5.02 Å². The highest BCUT2D eigenvalue weighted by Gasteiger charge is 2.12. The summed E-state index contributed by atoms with van der Waals surface area (Å²) in [7, 11) is 1.52. The van der Waals surface area contributed by atoms with E-state index in [9.17, 15) is 9.59 Å². The molecule has 0 bridgehead atoms. The summed E-state index contributed by atoms with van der Waals surface area (Å²) in [4.78, 5) is 24.1. The van der Waals surface area contributed by atoms with Gasteiger partial charge in [-0.2, -0.15) is 0 Å². The smallest absolute Gasteiger partial charge is 0.255 e. The second kappa shape index (κ2) is 10.5. The number of benzene rings is 3. The molecule has 0 saturated heterocycles. The number of carbonyl (C=O) groups excluding carboxylic acids is 2. The minimum absolute atomic E-state index is 0.0674. The summed E-state index contributed by atoms with van der Waals surface area (Å²) in [5, 5.41) is 6.25. The number of nitrogens with one attached hydrogen (secondary N) is 2. The zero-order chi connectivity index (χ0) is 22.2. The van der Waals surface area contributed by atoms with Crippen LogP contribution in [0.4, 0.5) is 11.4 Å². The van der Waals surface area contributed by atoms with Crippen molar-refractivity contribution in [1.82, 2.24) is 0 Å². The lowest BCUT2D eigenvalue weighted by Crippen LogP contribution is -2.13. The predicted octanol–water partition coefficient (Wildman–Crippen LogP) is 5.53. The van der Waals surface area contributed by atoms with Gasteiger partial charge in [0.05, 0.1) is 7.11 Å². The Kier molecular flexibility index (Phi) is 7.51. The maximum absolute atomic E-state index is 12.6. The predicted molar refractivity (Wildman–Crippen MR) is 122 cm³/mol. The van der Waals surface area contributed by atoms with Gasteiger partial charge in [0.1, 0.15) is 6.61 Å².